The van der Waals surface area contributed by atoms with E-state index in [0.717, 1.165) is 11.1 Å². The minimum atomic E-state index is -3.55. The Labute approximate surface area is 215 Å². The number of nitrogens with zero attached hydrogens (tertiary/aromatic N) is 4. The SMILES string of the molecule is O=C1N([C@H]2[C@@H]3CN(S(=O)(=O)c4ccccc4)C[C@@H]32)C(=S)NC1(Cc1ccncc1)Cc1ccncc1. The molecule has 0 radical (unpaired) electrons. The van der Waals surface area contributed by atoms with Crippen molar-refractivity contribution in [1.29, 1.82) is 0 Å². The number of benzene rings is 1. The number of carbonyl (C=O) groups is 1. The minimum Gasteiger partial charge on any atom is -0.347 e. The summed E-state index contributed by atoms with van der Waals surface area (Å²) in [6, 6.07) is 16.0. The minimum absolute atomic E-state index is 0.0574. The van der Waals surface area contributed by atoms with E-state index in [4.69, 9.17) is 12.2 Å². The molecule has 2 aliphatic heterocycles. The van der Waals surface area contributed by atoms with Crippen LogP contribution >= 0.6 is 12.2 Å². The molecule has 8 nitrogen and oxygen atoms in total. The standard InChI is InChI=1S/C26H25N5O3S2/c32-24-26(14-18-6-10-27-11-7-18,15-19-8-12-28-13-9-19)29-25(35)31(24)23-21-16-30(17-22(21)23)36(33,34)20-4-2-1-3-5-20/h1-13,21-23H,14-17H2,(H,29,35)/t21-,22+,23+. The second kappa shape index (κ2) is 8.72. The molecule has 1 amide bonds. The first-order valence-electron chi connectivity index (χ1n) is 11.9. The predicted octanol–water partition coefficient (Wildman–Crippen LogP) is 2.04. The van der Waals surface area contributed by atoms with E-state index >= 15 is 0 Å². The summed E-state index contributed by atoms with van der Waals surface area (Å²) in [5, 5.41) is 3.79. The number of hydrogen-bond donors (Lipinski definition) is 1. The molecule has 1 aliphatic carbocycles. The van der Waals surface area contributed by atoms with Gasteiger partial charge in [0.1, 0.15) is 5.54 Å². The van der Waals surface area contributed by atoms with Crippen LogP contribution in [0.25, 0.3) is 0 Å². The number of thiocarbonyl (C=S) groups is 1. The Morgan fingerprint density at radius 1 is 0.889 bits per heavy atom. The fourth-order valence-electron chi connectivity index (χ4n) is 5.69. The van der Waals surface area contributed by atoms with E-state index in [1.54, 1.807) is 60.0 Å². The number of aromatic nitrogens is 2. The van der Waals surface area contributed by atoms with Gasteiger partial charge in [-0.25, -0.2) is 8.42 Å². The van der Waals surface area contributed by atoms with E-state index in [9.17, 15) is 13.2 Å². The van der Waals surface area contributed by atoms with E-state index in [0.29, 0.717) is 35.9 Å². The van der Waals surface area contributed by atoms with Crippen LogP contribution in [-0.2, 0) is 27.7 Å². The van der Waals surface area contributed by atoms with Gasteiger partial charge in [-0.15, -0.1) is 0 Å². The number of carbonyl (C=O) groups excluding carboxylic acids is 1. The van der Waals surface area contributed by atoms with Crippen molar-refractivity contribution >= 4 is 33.3 Å². The van der Waals surface area contributed by atoms with Crippen LogP contribution in [0.1, 0.15) is 11.1 Å². The molecule has 36 heavy (non-hydrogen) atoms. The zero-order valence-corrected chi connectivity index (χ0v) is 21.0. The van der Waals surface area contributed by atoms with E-state index in [1.165, 1.54) is 4.31 Å². The zero-order chi connectivity index (χ0) is 24.9. The molecule has 184 valence electrons. The molecule has 1 N–H and O–H groups in total. The van der Waals surface area contributed by atoms with Crippen molar-refractivity contribution in [2.45, 2.75) is 29.3 Å². The Morgan fingerprint density at radius 2 is 1.42 bits per heavy atom. The summed E-state index contributed by atoms with van der Waals surface area (Å²) in [6.45, 7) is 0.779. The van der Waals surface area contributed by atoms with Gasteiger partial charge in [-0.1, -0.05) is 18.2 Å². The lowest BCUT2D eigenvalue weighted by molar-refractivity contribution is -0.131. The third-order valence-electron chi connectivity index (χ3n) is 7.50. The number of amides is 1. The number of hydrogen-bond acceptors (Lipinski definition) is 6. The Hall–Kier alpha value is -3.21. The first-order chi connectivity index (χ1) is 17.4. The van der Waals surface area contributed by atoms with Crippen molar-refractivity contribution in [2.75, 3.05) is 13.1 Å². The second-order valence-electron chi connectivity index (χ2n) is 9.71. The molecule has 3 fully saturated rings. The quantitative estimate of drug-likeness (QED) is 0.478. The molecule has 2 aromatic heterocycles. The van der Waals surface area contributed by atoms with E-state index < -0.39 is 15.6 Å². The van der Waals surface area contributed by atoms with Gasteiger partial charge in [0, 0.05) is 68.6 Å². The van der Waals surface area contributed by atoms with Gasteiger partial charge in [-0.3, -0.25) is 19.7 Å². The lowest BCUT2D eigenvalue weighted by Gasteiger charge is -2.28. The van der Waals surface area contributed by atoms with Gasteiger partial charge in [-0.2, -0.15) is 4.31 Å². The smallest absolute Gasteiger partial charge is 0.255 e. The number of piperidine rings is 1. The third-order valence-corrected chi connectivity index (χ3v) is 9.64. The first-order valence-corrected chi connectivity index (χ1v) is 13.7. The van der Waals surface area contributed by atoms with Gasteiger partial charge in [0.15, 0.2) is 5.11 Å². The number of sulfonamides is 1. The molecule has 0 spiro atoms. The molecule has 10 heteroatoms. The van der Waals surface area contributed by atoms with Gasteiger partial charge in [0.05, 0.1) is 4.90 Å². The van der Waals surface area contributed by atoms with Crippen molar-refractivity contribution in [3.63, 3.8) is 0 Å². The molecule has 4 heterocycles. The molecule has 0 bridgehead atoms. The van der Waals surface area contributed by atoms with Crippen molar-refractivity contribution in [3.8, 4) is 0 Å². The predicted molar refractivity (Wildman–Crippen MR) is 137 cm³/mol. The number of pyridine rings is 2. The second-order valence-corrected chi connectivity index (χ2v) is 12.0. The highest BCUT2D eigenvalue weighted by Crippen LogP contribution is 2.52. The highest BCUT2D eigenvalue weighted by Gasteiger charge is 2.65. The van der Waals surface area contributed by atoms with Gasteiger partial charge < -0.3 is 5.32 Å². The van der Waals surface area contributed by atoms with Crippen molar-refractivity contribution in [2.24, 2.45) is 11.8 Å². The Morgan fingerprint density at radius 3 is 1.94 bits per heavy atom. The van der Waals surface area contributed by atoms with E-state index in [1.807, 2.05) is 24.3 Å². The summed E-state index contributed by atoms with van der Waals surface area (Å²) in [5.74, 6) is 0.0904. The van der Waals surface area contributed by atoms with Crippen LogP contribution in [0.5, 0.6) is 0 Å². The van der Waals surface area contributed by atoms with Crippen molar-refractivity contribution in [1.82, 2.24) is 24.5 Å². The highest BCUT2D eigenvalue weighted by atomic mass is 32.2. The summed E-state index contributed by atoms with van der Waals surface area (Å²) in [5.41, 5.74) is 1.05. The maximum absolute atomic E-state index is 14.1. The van der Waals surface area contributed by atoms with Crippen molar-refractivity contribution in [3.05, 3.63) is 90.5 Å². The van der Waals surface area contributed by atoms with Gasteiger partial charge in [-0.05, 0) is 59.7 Å². The number of fused-ring (bicyclic) bond motifs is 1. The van der Waals surface area contributed by atoms with Gasteiger partial charge in [0.25, 0.3) is 5.91 Å². The average Bonchev–Trinajstić information content (AvgIpc) is 3.23. The fourth-order valence-corrected chi connectivity index (χ4v) is 7.63. The Kier molecular flexibility index (Phi) is 5.62. The van der Waals surface area contributed by atoms with Crippen LogP contribution in [0, 0.1) is 11.8 Å². The Bertz CT molecular complexity index is 1350. The van der Waals surface area contributed by atoms with Gasteiger partial charge in [0.2, 0.25) is 10.0 Å². The summed E-state index contributed by atoms with van der Waals surface area (Å²) < 4.78 is 27.7. The van der Waals surface area contributed by atoms with Crippen LogP contribution < -0.4 is 5.32 Å². The van der Waals surface area contributed by atoms with E-state index in [2.05, 4.69) is 15.3 Å². The monoisotopic (exact) mass is 519 g/mol. The number of nitrogens with one attached hydrogen (secondary N) is 1. The molecule has 2 saturated heterocycles. The van der Waals surface area contributed by atoms with Crippen molar-refractivity contribution < 1.29 is 13.2 Å². The summed E-state index contributed by atoms with van der Waals surface area (Å²) in [6.07, 6.45) is 7.81. The molecular weight excluding hydrogens is 494 g/mol. The molecule has 1 aromatic carbocycles. The van der Waals surface area contributed by atoms with Crippen LogP contribution in [-0.4, -0.2) is 63.3 Å². The highest BCUT2D eigenvalue weighted by molar-refractivity contribution is 7.89. The maximum Gasteiger partial charge on any atom is 0.255 e. The summed E-state index contributed by atoms with van der Waals surface area (Å²) in [4.78, 5) is 24.3. The topological polar surface area (TPSA) is 95.5 Å². The maximum atomic E-state index is 14.1. The normalized spacial score (nSPS) is 25.0. The summed E-state index contributed by atoms with van der Waals surface area (Å²) >= 11 is 5.71. The molecule has 1 saturated carbocycles. The Balaban J connectivity index is 1.23. The lowest BCUT2D eigenvalue weighted by Crippen LogP contribution is -2.51. The molecule has 3 aromatic rings. The largest absolute Gasteiger partial charge is 0.347 e. The molecule has 3 atom stereocenters. The van der Waals surface area contributed by atoms with Crippen LogP contribution in [0.3, 0.4) is 0 Å². The van der Waals surface area contributed by atoms with Gasteiger partial charge >= 0.3 is 0 Å². The average molecular weight is 520 g/mol. The lowest BCUT2D eigenvalue weighted by atomic mass is 9.85. The molecular formula is C26H25N5O3S2. The van der Waals surface area contributed by atoms with Crippen LogP contribution in [0.2, 0.25) is 0 Å². The third kappa shape index (κ3) is 3.89. The zero-order valence-electron chi connectivity index (χ0n) is 19.4. The molecule has 6 rings (SSSR count). The first kappa shape index (κ1) is 23.2. The molecule has 0 unspecified atom stereocenters. The number of rotatable bonds is 7. The van der Waals surface area contributed by atoms with Crippen LogP contribution in [0.15, 0.2) is 84.3 Å². The fraction of sp³-hybridized carbons (Fsp3) is 0.308. The summed E-state index contributed by atoms with van der Waals surface area (Å²) in [7, 11) is -3.55. The van der Waals surface area contributed by atoms with E-state index in [-0.39, 0.29) is 23.8 Å². The molecule has 3 aliphatic rings. The van der Waals surface area contributed by atoms with Crippen LogP contribution in [0.4, 0.5) is 0 Å².